The number of anilines is 2. The van der Waals surface area contributed by atoms with E-state index < -0.39 is 42.3 Å². The number of carbonyl (C=O) groups excluding carboxylic acids is 1. The van der Waals surface area contributed by atoms with Crippen molar-refractivity contribution in [2.45, 2.75) is 20.3 Å². The highest BCUT2D eigenvalue weighted by molar-refractivity contribution is 5.98. The molecule has 1 aromatic heterocycles. The van der Waals surface area contributed by atoms with Gasteiger partial charge in [0, 0.05) is 41.8 Å². The van der Waals surface area contributed by atoms with Crippen LogP contribution in [0.1, 0.15) is 33.2 Å². The van der Waals surface area contributed by atoms with E-state index in [1.807, 2.05) is 6.07 Å². The van der Waals surface area contributed by atoms with E-state index in [4.69, 9.17) is 14.3 Å². The number of nitrogens with zero attached hydrogens (tertiary/aromatic N) is 3. The Labute approximate surface area is 203 Å². The third-order valence-corrected chi connectivity index (χ3v) is 4.41. The number of ether oxygens (including phenoxy) is 1. The summed E-state index contributed by atoms with van der Waals surface area (Å²) in [5.41, 5.74) is -1.41. The number of nitriles is 1. The number of rotatable bonds is 9. The van der Waals surface area contributed by atoms with Crippen LogP contribution >= 0.6 is 0 Å². The van der Waals surface area contributed by atoms with E-state index in [1.165, 1.54) is 6.92 Å². The van der Waals surface area contributed by atoms with Crippen molar-refractivity contribution in [1.82, 2.24) is 9.88 Å². The third-order valence-electron chi connectivity index (χ3n) is 4.41. The number of hydrogen-bond acceptors (Lipinski definition) is 6. The summed E-state index contributed by atoms with van der Waals surface area (Å²) in [5.74, 6) is -1.69. The quantitative estimate of drug-likeness (QED) is 0.463. The van der Waals surface area contributed by atoms with Gasteiger partial charge in [-0.3, -0.25) is 9.78 Å². The van der Waals surface area contributed by atoms with Crippen LogP contribution in [0.25, 0.3) is 10.9 Å². The summed E-state index contributed by atoms with van der Waals surface area (Å²) in [6, 6.07) is -0.799. The number of carbonyl (C=O) groups is 1. The number of fused-ring (bicyclic) bond motifs is 1. The van der Waals surface area contributed by atoms with Gasteiger partial charge in [-0.1, -0.05) is 6.05 Å². The van der Waals surface area contributed by atoms with Gasteiger partial charge in [-0.05, 0) is 63.8 Å². The van der Waals surface area contributed by atoms with Crippen LogP contribution in [0.2, 0.25) is 0 Å². The largest absolute Gasteiger partial charge is 0.494 e. The maximum atomic E-state index is 14.3. The highest BCUT2D eigenvalue weighted by Gasteiger charge is 2.16. The Hall–Kier alpha value is -3.76. The molecular weight excluding hydrogens is 419 g/mol. The molecular formula is C26H27FN4O2. The summed E-state index contributed by atoms with van der Waals surface area (Å²) in [7, 11) is 3.48. The van der Waals surface area contributed by atoms with Crippen molar-refractivity contribution in [2.24, 2.45) is 0 Å². The first-order valence-corrected chi connectivity index (χ1v) is 10.1. The average Bonchev–Trinajstić information content (AvgIpc) is 2.88. The Morgan fingerprint density at radius 3 is 2.88 bits per heavy atom. The van der Waals surface area contributed by atoms with Crippen LogP contribution in [0.15, 0.2) is 48.5 Å². The Morgan fingerprint density at radius 2 is 2.18 bits per heavy atom. The van der Waals surface area contributed by atoms with Crippen LogP contribution in [-0.2, 0) is 11.2 Å². The van der Waals surface area contributed by atoms with Gasteiger partial charge in [0.05, 0.1) is 33.0 Å². The first-order chi connectivity index (χ1) is 18.7. The molecule has 3 rings (SSSR count). The number of aromatic nitrogens is 1. The number of nitrogens with one attached hydrogen (secondary N) is 1. The van der Waals surface area contributed by atoms with Crippen LogP contribution in [0, 0.1) is 24.1 Å². The second-order valence-electron chi connectivity index (χ2n) is 7.34. The zero-order valence-electron chi connectivity index (χ0n) is 25.7. The van der Waals surface area contributed by atoms with Crippen LogP contribution in [0.5, 0.6) is 5.75 Å². The number of ketones is 1. The van der Waals surface area contributed by atoms with Gasteiger partial charge in [-0.25, -0.2) is 4.39 Å². The molecule has 0 spiro atoms. The van der Waals surface area contributed by atoms with Gasteiger partial charge in [0.25, 0.3) is 0 Å². The normalized spacial score (nSPS) is 14.5. The van der Waals surface area contributed by atoms with E-state index in [0.29, 0.717) is 0 Å². The molecule has 0 saturated heterocycles. The molecule has 0 aliphatic heterocycles. The molecule has 0 atom stereocenters. The highest BCUT2D eigenvalue weighted by Crippen LogP contribution is 2.34. The lowest BCUT2D eigenvalue weighted by atomic mass is 10.0. The summed E-state index contributed by atoms with van der Waals surface area (Å²) in [6.45, 7) is 3.19. The number of pyridine rings is 1. The minimum atomic E-state index is -1.05. The van der Waals surface area contributed by atoms with E-state index in [2.05, 4.69) is 10.3 Å². The van der Waals surface area contributed by atoms with Crippen molar-refractivity contribution in [3.63, 3.8) is 0 Å². The summed E-state index contributed by atoms with van der Waals surface area (Å²) >= 11 is 0. The minimum absolute atomic E-state index is 0.0154. The summed E-state index contributed by atoms with van der Waals surface area (Å²) in [5, 5.41) is 12.4. The third kappa shape index (κ3) is 5.93. The van der Waals surface area contributed by atoms with Crippen molar-refractivity contribution in [1.29, 1.82) is 5.26 Å². The zero-order valence-corrected chi connectivity index (χ0v) is 18.7. The maximum absolute atomic E-state index is 14.3. The summed E-state index contributed by atoms with van der Waals surface area (Å²) in [4.78, 5) is 18.6. The number of benzene rings is 2. The first-order valence-electron chi connectivity index (χ1n) is 13.6. The van der Waals surface area contributed by atoms with Gasteiger partial charge in [0.15, 0.2) is 5.78 Å². The highest BCUT2D eigenvalue weighted by atomic mass is 19.1. The zero-order chi connectivity index (χ0) is 30.0. The van der Waals surface area contributed by atoms with Gasteiger partial charge in [-0.2, -0.15) is 5.26 Å². The molecule has 170 valence electrons. The van der Waals surface area contributed by atoms with Crippen LogP contribution in [-0.4, -0.2) is 42.9 Å². The minimum Gasteiger partial charge on any atom is -0.494 e. The number of likely N-dealkylation sites (N-methyl/N-ethyl adjacent to an activating group) is 1. The van der Waals surface area contributed by atoms with E-state index in [1.54, 1.807) is 25.9 Å². The predicted molar refractivity (Wildman–Crippen MR) is 128 cm³/mol. The van der Waals surface area contributed by atoms with E-state index in [9.17, 15) is 14.4 Å². The number of halogens is 1. The standard InChI is InChI=1S/C26H27FN4O2/c1-5-33-25-14-24-22(13-18(25)12-21(32)7-6-10-31(3)4)26(19(15-28)16-29-24)30-20-8-9-23(27)17(2)11-20/h6-9,11,13-14,16H,5,10,12H2,1-4H3,(H,29,30)/b7-6+/i6D,8D,9D,11D,13D,14D,16D. The molecule has 3 aromatic rings. The molecule has 0 aliphatic rings. The van der Waals surface area contributed by atoms with Gasteiger partial charge in [-0.15, -0.1) is 0 Å². The van der Waals surface area contributed by atoms with E-state index >= 15 is 0 Å². The van der Waals surface area contributed by atoms with E-state index in [0.717, 1.165) is 6.08 Å². The summed E-state index contributed by atoms with van der Waals surface area (Å²) in [6.07, 6.45) is 0.129. The molecule has 0 aliphatic carbocycles. The monoisotopic (exact) mass is 453 g/mol. The smallest absolute Gasteiger partial charge is 0.159 e. The molecule has 1 heterocycles. The Balaban J connectivity index is 2.38. The summed E-state index contributed by atoms with van der Waals surface area (Å²) < 4.78 is 78.4. The molecule has 0 fully saturated rings. The van der Waals surface area contributed by atoms with Gasteiger partial charge in [0.2, 0.25) is 0 Å². The average molecular weight is 454 g/mol. The molecule has 0 bridgehead atoms. The predicted octanol–water partition coefficient (Wildman–Crippen LogP) is 4.93. The fourth-order valence-electron chi connectivity index (χ4n) is 2.91. The topological polar surface area (TPSA) is 78.2 Å². The lowest BCUT2D eigenvalue weighted by molar-refractivity contribution is -0.114. The van der Waals surface area contributed by atoms with E-state index in [-0.39, 0.29) is 76.0 Å². The lowest BCUT2D eigenvalue weighted by Gasteiger charge is -2.15. The van der Waals surface area contributed by atoms with Crippen LogP contribution in [0.3, 0.4) is 0 Å². The van der Waals surface area contributed by atoms with Crippen molar-refractivity contribution in [3.05, 3.63) is 71.0 Å². The SMILES string of the molecule is [2H]/C(=C\C(=O)Cc1c(OCC)c([2H])c2nc([2H])c(C#N)c(Nc3c([2H])c([2H])c(F)c(C)c3[2H])c2c1[2H])CN(C)C. The van der Waals surface area contributed by atoms with Crippen molar-refractivity contribution >= 4 is 28.1 Å². The maximum Gasteiger partial charge on any atom is 0.159 e. The lowest BCUT2D eigenvalue weighted by Crippen LogP contribution is -2.11. The molecule has 0 amide bonds. The second-order valence-corrected chi connectivity index (χ2v) is 7.34. The van der Waals surface area contributed by atoms with Crippen LogP contribution < -0.4 is 10.1 Å². The molecule has 1 N–H and O–H groups in total. The second kappa shape index (κ2) is 10.7. The molecule has 2 aromatic carbocycles. The fourth-order valence-corrected chi connectivity index (χ4v) is 2.91. The van der Waals surface area contributed by atoms with Crippen molar-refractivity contribution < 1.29 is 23.5 Å². The Kier molecular flexibility index (Phi) is 5.17. The van der Waals surface area contributed by atoms with Gasteiger partial charge < -0.3 is 15.0 Å². The Bertz CT molecular complexity index is 1570. The molecule has 7 heteroatoms. The molecule has 0 radical (unpaired) electrons. The van der Waals surface area contributed by atoms with Gasteiger partial charge >= 0.3 is 0 Å². The molecule has 6 nitrogen and oxygen atoms in total. The van der Waals surface area contributed by atoms with Crippen molar-refractivity contribution in [3.8, 4) is 11.8 Å². The number of allylic oxidation sites excluding steroid dienone is 1. The first kappa shape index (κ1) is 15.9. The molecule has 33 heavy (non-hydrogen) atoms. The van der Waals surface area contributed by atoms with Crippen molar-refractivity contribution in [2.75, 3.05) is 32.6 Å². The van der Waals surface area contributed by atoms with Gasteiger partial charge in [0.1, 0.15) is 17.6 Å². The van der Waals surface area contributed by atoms with Crippen LogP contribution in [0.4, 0.5) is 15.8 Å². The molecule has 0 saturated carbocycles. The number of hydrogen-bond donors (Lipinski definition) is 1. The Morgan fingerprint density at radius 1 is 1.39 bits per heavy atom. The molecule has 0 unspecified atom stereocenters. The fraction of sp³-hybridized carbons (Fsp3) is 0.269.